The number of hydrogen-bond donors (Lipinski definition) is 3. The van der Waals surface area contributed by atoms with Crippen LogP contribution in [0.25, 0.3) is 11.1 Å². The molecule has 2 aromatic carbocycles. The molecule has 0 aliphatic carbocycles. The standard InChI is InChI=1S/C16H15N3O3/c1-9-3-5-12(10(2)7-9)18-15(20)17-11-4-6-13-14(8-11)22-16(21)19-13/h3-8H,1-2H3,(H,19,21)(H2,17,18,20). The Morgan fingerprint density at radius 3 is 2.68 bits per heavy atom. The van der Waals surface area contributed by atoms with Crippen LogP contribution in [0, 0.1) is 13.8 Å². The average molecular weight is 297 g/mol. The van der Waals surface area contributed by atoms with Gasteiger partial charge in [0.15, 0.2) is 5.58 Å². The first-order chi connectivity index (χ1) is 10.5. The Bertz CT molecular complexity index is 908. The van der Waals surface area contributed by atoms with E-state index >= 15 is 0 Å². The van der Waals surface area contributed by atoms with Gasteiger partial charge < -0.3 is 15.1 Å². The largest absolute Gasteiger partial charge is 0.417 e. The molecule has 0 fully saturated rings. The molecule has 6 heteroatoms. The summed E-state index contributed by atoms with van der Waals surface area (Å²) in [5, 5.41) is 5.50. The SMILES string of the molecule is Cc1ccc(NC(=O)Nc2ccc3[nH]c(=O)oc3c2)c(C)c1. The summed E-state index contributed by atoms with van der Waals surface area (Å²) in [6, 6.07) is 10.4. The first-order valence-electron chi connectivity index (χ1n) is 6.79. The Hall–Kier alpha value is -3.02. The number of aromatic amines is 1. The molecule has 0 atom stereocenters. The van der Waals surface area contributed by atoms with Gasteiger partial charge in [0.05, 0.1) is 5.52 Å². The molecule has 3 N–H and O–H groups in total. The summed E-state index contributed by atoms with van der Waals surface area (Å²) < 4.78 is 4.96. The quantitative estimate of drug-likeness (QED) is 0.677. The van der Waals surface area contributed by atoms with Gasteiger partial charge in [-0.15, -0.1) is 0 Å². The van der Waals surface area contributed by atoms with Gasteiger partial charge >= 0.3 is 11.8 Å². The highest BCUT2D eigenvalue weighted by Crippen LogP contribution is 2.18. The van der Waals surface area contributed by atoms with Crippen LogP contribution in [0.3, 0.4) is 0 Å². The van der Waals surface area contributed by atoms with Crippen molar-refractivity contribution >= 4 is 28.5 Å². The molecule has 1 aromatic heterocycles. The van der Waals surface area contributed by atoms with Gasteiger partial charge in [0.1, 0.15) is 0 Å². The Kier molecular flexibility index (Phi) is 3.42. The fourth-order valence-electron chi connectivity index (χ4n) is 2.26. The van der Waals surface area contributed by atoms with E-state index in [2.05, 4.69) is 15.6 Å². The number of aryl methyl sites for hydroxylation is 2. The number of amides is 2. The van der Waals surface area contributed by atoms with Crippen LogP contribution in [0.15, 0.2) is 45.6 Å². The predicted octanol–water partition coefficient (Wildman–Crippen LogP) is 3.38. The molecule has 6 nitrogen and oxygen atoms in total. The number of aromatic nitrogens is 1. The first kappa shape index (κ1) is 13.9. The number of rotatable bonds is 2. The Labute approximate surface area is 126 Å². The Morgan fingerprint density at radius 2 is 1.91 bits per heavy atom. The highest BCUT2D eigenvalue weighted by atomic mass is 16.4. The number of hydrogen-bond acceptors (Lipinski definition) is 3. The molecule has 0 saturated heterocycles. The van der Waals surface area contributed by atoms with Gasteiger partial charge in [-0.05, 0) is 37.6 Å². The average Bonchev–Trinajstić information content (AvgIpc) is 2.81. The van der Waals surface area contributed by atoms with Gasteiger partial charge in [-0.2, -0.15) is 0 Å². The molecule has 0 unspecified atom stereocenters. The van der Waals surface area contributed by atoms with E-state index in [1.54, 1.807) is 18.2 Å². The zero-order valence-electron chi connectivity index (χ0n) is 12.2. The molecular formula is C16H15N3O3. The Balaban J connectivity index is 1.76. The molecule has 0 saturated carbocycles. The number of carbonyl (C=O) groups excluding carboxylic acids is 1. The summed E-state index contributed by atoms with van der Waals surface area (Å²) in [4.78, 5) is 25.7. The molecule has 0 aliphatic heterocycles. The first-order valence-corrected chi connectivity index (χ1v) is 6.79. The van der Waals surface area contributed by atoms with Crippen LogP contribution in [-0.2, 0) is 0 Å². The molecule has 2 amide bonds. The number of urea groups is 1. The smallest absolute Gasteiger partial charge is 0.408 e. The van der Waals surface area contributed by atoms with Crippen molar-refractivity contribution in [3.05, 3.63) is 58.1 Å². The van der Waals surface area contributed by atoms with Gasteiger partial charge in [0.2, 0.25) is 0 Å². The van der Waals surface area contributed by atoms with Gasteiger partial charge in [-0.25, -0.2) is 9.59 Å². The highest BCUT2D eigenvalue weighted by molar-refractivity contribution is 6.01. The molecule has 0 bridgehead atoms. The van der Waals surface area contributed by atoms with Crippen LogP contribution >= 0.6 is 0 Å². The van der Waals surface area contributed by atoms with Crippen LogP contribution in [0.5, 0.6) is 0 Å². The molecule has 1 heterocycles. The van der Waals surface area contributed by atoms with Crippen LogP contribution in [0.4, 0.5) is 16.2 Å². The third-order valence-electron chi connectivity index (χ3n) is 3.31. The summed E-state index contributed by atoms with van der Waals surface area (Å²) in [6.07, 6.45) is 0. The molecule has 0 aliphatic rings. The molecule has 3 rings (SSSR count). The fourth-order valence-corrected chi connectivity index (χ4v) is 2.26. The summed E-state index contributed by atoms with van der Waals surface area (Å²) in [6.45, 7) is 3.93. The van der Waals surface area contributed by atoms with Crippen molar-refractivity contribution in [2.75, 3.05) is 10.6 Å². The van der Waals surface area contributed by atoms with E-state index in [0.29, 0.717) is 16.8 Å². The highest BCUT2D eigenvalue weighted by Gasteiger charge is 2.07. The van der Waals surface area contributed by atoms with Gasteiger partial charge in [0.25, 0.3) is 0 Å². The van der Waals surface area contributed by atoms with E-state index in [-0.39, 0.29) is 6.03 Å². The summed E-state index contributed by atoms with van der Waals surface area (Å²) in [7, 11) is 0. The number of oxazole rings is 1. The summed E-state index contributed by atoms with van der Waals surface area (Å²) in [5.41, 5.74) is 4.40. The maximum Gasteiger partial charge on any atom is 0.417 e. The molecule has 112 valence electrons. The van der Waals surface area contributed by atoms with Crippen LogP contribution < -0.4 is 16.4 Å². The predicted molar refractivity (Wildman–Crippen MR) is 85.4 cm³/mol. The third kappa shape index (κ3) is 2.85. The molecule has 0 radical (unpaired) electrons. The minimum absolute atomic E-state index is 0.357. The second kappa shape index (κ2) is 5.40. The molecular weight excluding hydrogens is 282 g/mol. The second-order valence-electron chi connectivity index (χ2n) is 5.12. The maximum atomic E-state index is 12.0. The van der Waals surface area contributed by atoms with Crippen molar-refractivity contribution < 1.29 is 9.21 Å². The van der Waals surface area contributed by atoms with Gasteiger partial charge in [-0.3, -0.25) is 4.98 Å². The third-order valence-corrected chi connectivity index (χ3v) is 3.31. The second-order valence-corrected chi connectivity index (χ2v) is 5.12. The maximum absolute atomic E-state index is 12.0. The number of fused-ring (bicyclic) bond motifs is 1. The topological polar surface area (TPSA) is 87.1 Å². The Morgan fingerprint density at radius 1 is 1.09 bits per heavy atom. The number of nitrogens with one attached hydrogen (secondary N) is 3. The van der Waals surface area contributed by atoms with Crippen molar-refractivity contribution in [2.24, 2.45) is 0 Å². The van der Waals surface area contributed by atoms with Crippen molar-refractivity contribution in [1.29, 1.82) is 0 Å². The number of carbonyl (C=O) groups is 1. The van der Waals surface area contributed by atoms with E-state index in [1.165, 1.54) is 0 Å². The van der Waals surface area contributed by atoms with E-state index < -0.39 is 5.76 Å². The number of benzene rings is 2. The van der Waals surface area contributed by atoms with Crippen LogP contribution in [-0.4, -0.2) is 11.0 Å². The lowest BCUT2D eigenvalue weighted by Crippen LogP contribution is -2.19. The molecule has 3 aromatic rings. The van der Waals surface area contributed by atoms with Crippen molar-refractivity contribution in [2.45, 2.75) is 13.8 Å². The van der Waals surface area contributed by atoms with Gasteiger partial charge in [-0.1, -0.05) is 17.7 Å². The summed E-state index contributed by atoms with van der Waals surface area (Å²) >= 11 is 0. The van der Waals surface area contributed by atoms with E-state index in [0.717, 1.165) is 16.8 Å². The zero-order chi connectivity index (χ0) is 15.7. The minimum atomic E-state index is -0.521. The van der Waals surface area contributed by atoms with Crippen molar-refractivity contribution in [3.8, 4) is 0 Å². The normalized spacial score (nSPS) is 10.6. The van der Waals surface area contributed by atoms with Crippen molar-refractivity contribution in [1.82, 2.24) is 4.98 Å². The van der Waals surface area contributed by atoms with E-state index in [4.69, 9.17) is 4.42 Å². The van der Waals surface area contributed by atoms with Crippen molar-refractivity contribution in [3.63, 3.8) is 0 Å². The molecule has 0 spiro atoms. The fraction of sp³-hybridized carbons (Fsp3) is 0.125. The van der Waals surface area contributed by atoms with Crippen LogP contribution in [0.2, 0.25) is 0 Å². The zero-order valence-corrected chi connectivity index (χ0v) is 12.2. The number of anilines is 2. The molecule has 22 heavy (non-hydrogen) atoms. The minimum Gasteiger partial charge on any atom is -0.408 e. The lowest BCUT2D eigenvalue weighted by Gasteiger charge is -2.10. The van der Waals surface area contributed by atoms with Crippen LogP contribution in [0.1, 0.15) is 11.1 Å². The lowest BCUT2D eigenvalue weighted by atomic mass is 10.1. The van der Waals surface area contributed by atoms with E-state index in [9.17, 15) is 9.59 Å². The lowest BCUT2D eigenvalue weighted by molar-refractivity contribution is 0.262. The van der Waals surface area contributed by atoms with E-state index in [1.807, 2.05) is 32.0 Å². The summed E-state index contributed by atoms with van der Waals surface area (Å²) in [5.74, 6) is -0.521. The monoisotopic (exact) mass is 297 g/mol. The van der Waals surface area contributed by atoms with Gasteiger partial charge in [0, 0.05) is 17.4 Å². The number of H-pyrrole nitrogens is 1.